The van der Waals surface area contributed by atoms with Crippen LogP contribution in [0.15, 0.2) is 64.6 Å². The number of nitrogens with one attached hydrogen (secondary N) is 1. The van der Waals surface area contributed by atoms with Crippen molar-refractivity contribution in [2.24, 2.45) is 0 Å². The summed E-state index contributed by atoms with van der Waals surface area (Å²) in [5.74, 6) is -2.78. The van der Waals surface area contributed by atoms with Gasteiger partial charge in [0.15, 0.2) is 11.5 Å². The number of hydrogen-bond acceptors (Lipinski definition) is 7. The number of nitro groups is 1. The second-order valence-corrected chi connectivity index (χ2v) is 9.56. The van der Waals surface area contributed by atoms with Crippen molar-refractivity contribution >= 4 is 62.8 Å². The number of hydrogen-bond donors (Lipinski definition) is 1. The summed E-state index contributed by atoms with van der Waals surface area (Å²) in [4.78, 5) is 49.4. The number of benzene rings is 3. The van der Waals surface area contributed by atoms with E-state index in [0.29, 0.717) is 16.6 Å². The molecule has 0 atom stereocenters. The minimum absolute atomic E-state index is 0.0487. The molecule has 1 aliphatic rings. The minimum Gasteiger partial charge on any atom is -0.490 e. The van der Waals surface area contributed by atoms with E-state index in [1.165, 1.54) is 24.3 Å². The van der Waals surface area contributed by atoms with E-state index >= 15 is 0 Å². The highest BCUT2D eigenvalue weighted by molar-refractivity contribution is 9.10. The van der Waals surface area contributed by atoms with E-state index in [0.717, 1.165) is 17.0 Å². The minimum atomic E-state index is -4.83. The Kier molecular flexibility index (Phi) is 8.35. The average Bonchev–Trinajstić information content (AvgIpc) is 2.89. The summed E-state index contributed by atoms with van der Waals surface area (Å²) in [5, 5.41) is 13.4. The Hall–Kier alpha value is -4.43. The highest BCUT2D eigenvalue weighted by Crippen LogP contribution is 2.44. The number of carbonyl (C=O) groups is 3. The first-order valence-electron chi connectivity index (χ1n) is 11.5. The monoisotopic (exact) mass is 653 g/mol. The van der Waals surface area contributed by atoms with E-state index in [1.54, 1.807) is 19.1 Å². The van der Waals surface area contributed by atoms with Crippen LogP contribution in [0.1, 0.15) is 18.1 Å². The standard InChI is InChI=1S/C26H16BrClF3N3O7/c1-2-40-21-11-13(9-17-23(35)32-25(37)33(24(17)36)16-6-4-15(27)5-7-16)10-18(28)22(21)41-20-8-3-14(26(29,30)31)12-19(20)34(38)39/h3-12H,2H2,1H3,(H,32,35,37)/b17-9+. The van der Waals surface area contributed by atoms with E-state index < -0.39 is 51.5 Å². The number of amides is 4. The van der Waals surface area contributed by atoms with E-state index in [9.17, 15) is 37.7 Å². The molecule has 0 radical (unpaired) electrons. The third-order valence-electron chi connectivity index (χ3n) is 5.52. The molecule has 3 aromatic carbocycles. The van der Waals surface area contributed by atoms with Gasteiger partial charge in [0.05, 0.1) is 27.8 Å². The molecule has 15 heteroatoms. The summed E-state index contributed by atoms with van der Waals surface area (Å²) in [7, 11) is 0. The van der Waals surface area contributed by atoms with Crippen molar-refractivity contribution in [2.75, 3.05) is 11.5 Å². The fourth-order valence-electron chi connectivity index (χ4n) is 3.71. The van der Waals surface area contributed by atoms with Gasteiger partial charge in [0.25, 0.3) is 11.8 Å². The Morgan fingerprint density at radius 1 is 1.07 bits per heavy atom. The van der Waals surface area contributed by atoms with Crippen LogP contribution >= 0.6 is 27.5 Å². The van der Waals surface area contributed by atoms with Crippen molar-refractivity contribution in [3.63, 3.8) is 0 Å². The van der Waals surface area contributed by atoms with Crippen LogP contribution in [-0.4, -0.2) is 29.4 Å². The second-order valence-electron chi connectivity index (χ2n) is 8.24. The number of nitrogens with zero attached hydrogens (tertiary/aromatic N) is 2. The summed E-state index contributed by atoms with van der Waals surface area (Å²) in [5.41, 5.74) is -2.29. The van der Waals surface area contributed by atoms with Gasteiger partial charge >= 0.3 is 17.9 Å². The Morgan fingerprint density at radius 3 is 2.37 bits per heavy atom. The van der Waals surface area contributed by atoms with Crippen LogP contribution in [0.5, 0.6) is 17.2 Å². The molecule has 4 amide bonds. The summed E-state index contributed by atoms with van der Waals surface area (Å²) in [6.07, 6.45) is -3.68. The topological polar surface area (TPSA) is 128 Å². The summed E-state index contributed by atoms with van der Waals surface area (Å²) in [6.45, 7) is 1.65. The van der Waals surface area contributed by atoms with Crippen LogP contribution < -0.4 is 19.7 Å². The number of anilines is 1. The first-order valence-corrected chi connectivity index (χ1v) is 12.6. The lowest BCUT2D eigenvalue weighted by Gasteiger charge is -2.26. The quantitative estimate of drug-likeness (QED) is 0.127. The van der Waals surface area contributed by atoms with Crippen LogP contribution in [0, 0.1) is 10.1 Å². The van der Waals surface area contributed by atoms with Crippen LogP contribution in [-0.2, 0) is 15.8 Å². The van der Waals surface area contributed by atoms with Crippen molar-refractivity contribution in [1.29, 1.82) is 0 Å². The number of rotatable bonds is 7. The first kappa shape index (κ1) is 29.6. The number of barbiturate groups is 1. The molecule has 0 spiro atoms. The molecular weight excluding hydrogens is 639 g/mol. The molecule has 10 nitrogen and oxygen atoms in total. The SMILES string of the molecule is CCOc1cc(/C=C2\C(=O)NC(=O)N(c3ccc(Br)cc3)C2=O)cc(Cl)c1Oc1ccc(C(F)(F)F)cc1[N+](=O)[O-]. The number of carbonyl (C=O) groups excluding carboxylic acids is 3. The molecule has 0 unspecified atom stereocenters. The average molecular weight is 655 g/mol. The van der Waals surface area contributed by atoms with Gasteiger partial charge < -0.3 is 9.47 Å². The van der Waals surface area contributed by atoms with Crippen molar-refractivity contribution in [3.8, 4) is 17.2 Å². The van der Waals surface area contributed by atoms with E-state index in [1.807, 2.05) is 0 Å². The lowest BCUT2D eigenvalue weighted by Crippen LogP contribution is -2.54. The van der Waals surface area contributed by atoms with Crippen molar-refractivity contribution < 1.29 is 42.0 Å². The molecule has 0 aromatic heterocycles. The molecule has 1 aliphatic heterocycles. The van der Waals surface area contributed by atoms with Gasteiger partial charge in [-0.15, -0.1) is 0 Å². The molecule has 1 saturated heterocycles. The normalized spacial score (nSPS) is 14.7. The maximum Gasteiger partial charge on any atom is 0.416 e. The van der Waals surface area contributed by atoms with Crippen molar-refractivity contribution in [3.05, 3.63) is 90.9 Å². The number of halogens is 5. The largest absolute Gasteiger partial charge is 0.490 e. The number of ether oxygens (including phenoxy) is 2. The van der Waals surface area contributed by atoms with E-state index in [4.69, 9.17) is 21.1 Å². The maximum atomic E-state index is 13.2. The Balaban J connectivity index is 1.74. The lowest BCUT2D eigenvalue weighted by molar-refractivity contribution is -0.385. The van der Waals surface area contributed by atoms with Gasteiger partial charge in [-0.25, -0.2) is 9.69 Å². The predicted octanol–water partition coefficient (Wildman–Crippen LogP) is 6.89. The van der Waals surface area contributed by atoms with Crippen LogP contribution in [0.25, 0.3) is 6.08 Å². The van der Waals surface area contributed by atoms with Gasteiger partial charge in [0, 0.05) is 10.5 Å². The van der Waals surface area contributed by atoms with Gasteiger partial charge in [-0.3, -0.25) is 25.0 Å². The number of nitro benzene ring substituents is 1. The fourth-order valence-corrected chi connectivity index (χ4v) is 4.24. The van der Waals surface area contributed by atoms with Crippen LogP contribution in [0.4, 0.5) is 29.3 Å². The second kappa shape index (κ2) is 11.6. The van der Waals surface area contributed by atoms with Gasteiger partial charge in [-0.1, -0.05) is 27.5 Å². The molecule has 0 bridgehead atoms. The highest BCUT2D eigenvalue weighted by atomic mass is 79.9. The maximum absolute atomic E-state index is 13.2. The molecule has 3 aromatic rings. The molecule has 41 heavy (non-hydrogen) atoms. The van der Waals surface area contributed by atoms with Gasteiger partial charge in [-0.2, -0.15) is 13.2 Å². The fraction of sp³-hybridized carbons (Fsp3) is 0.115. The van der Waals surface area contributed by atoms with Crippen molar-refractivity contribution in [1.82, 2.24) is 5.32 Å². The zero-order valence-electron chi connectivity index (χ0n) is 20.6. The molecule has 1 fully saturated rings. The van der Waals surface area contributed by atoms with Gasteiger partial charge in [-0.05, 0) is 67.1 Å². The smallest absolute Gasteiger partial charge is 0.416 e. The highest BCUT2D eigenvalue weighted by Gasteiger charge is 2.37. The number of imide groups is 2. The summed E-state index contributed by atoms with van der Waals surface area (Å²) < 4.78 is 51.0. The van der Waals surface area contributed by atoms with Gasteiger partial charge in [0.1, 0.15) is 5.57 Å². The van der Waals surface area contributed by atoms with Crippen LogP contribution in [0.2, 0.25) is 5.02 Å². The molecule has 1 N–H and O–H groups in total. The Bertz CT molecular complexity index is 1610. The molecule has 4 rings (SSSR count). The zero-order valence-corrected chi connectivity index (χ0v) is 23.0. The van der Waals surface area contributed by atoms with E-state index in [2.05, 4.69) is 21.2 Å². The molecule has 212 valence electrons. The Morgan fingerprint density at radius 2 is 1.76 bits per heavy atom. The number of urea groups is 1. The Labute approximate surface area is 242 Å². The molecular formula is C26H16BrClF3N3O7. The zero-order chi connectivity index (χ0) is 30.1. The molecule has 0 aliphatic carbocycles. The summed E-state index contributed by atoms with van der Waals surface area (Å²) in [6, 6.07) is 9.49. The van der Waals surface area contributed by atoms with E-state index in [-0.39, 0.29) is 34.4 Å². The molecule has 1 heterocycles. The first-order chi connectivity index (χ1) is 19.3. The third kappa shape index (κ3) is 6.33. The predicted molar refractivity (Wildman–Crippen MR) is 144 cm³/mol. The molecule has 0 saturated carbocycles. The van der Waals surface area contributed by atoms with Crippen LogP contribution in [0.3, 0.4) is 0 Å². The van der Waals surface area contributed by atoms with Crippen molar-refractivity contribution in [2.45, 2.75) is 13.1 Å². The lowest BCUT2D eigenvalue weighted by atomic mass is 10.1. The number of alkyl halides is 3. The summed E-state index contributed by atoms with van der Waals surface area (Å²) >= 11 is 9.63. The van der Waals surface area contributed by atoms with Gasteiger partial charge in [0.2, 0.25) is 5.75 Å². The third-order valence-corrected chi connectivity index (χ3v) is 6.33.